The number of carbonyl (C=O) groups excluding carboxylic acids is 1. The lowest BCUT2D eigenvalue weighted by molar-refractivity contribution is -0.150. The Kier molecular flexibility index (Phi) is 6.21. The zero-order valence-corrected chi connectivity index (χ0v) is 15.3. The van der Waals surface area contributed by atoms with Gasteiger partial charge in [-0.3, -0.25) is 9.69 Å². The summed E-state index contributed by atoms with van der Waals surface area (Å²) in [6.07, 6.45) is -8.91. The van der Waals surface area contributed by atoms with Crippen LogP contribution < -0.4 is 0 Å². The van der Waals surface area contributed by atoms with Crippen LogP contribution in [0.15, 0.2) is 22.0 Å². The molecule has 1 aromatic carbocycles. The molecule has 1 aliphatic heterocycles. The van der Waals surface area contributed by atoms with Gasteiger partial charge >= 0.3 is 12.4 Å². The molecule has 0 saturated carbocycles. The van der Waals surface area contributed by atoms with Crippen molar-refractivity contribution < 1.29 is 31.1 Å². The van der Waals surface area contributed by atoms with Crippen LogP contribution in [-0.4, -0.2) is 46.4 Å². The van der Waals surface area contributed by atoms with Gasteiger partial charge in [0.15, 0.2) is 5.17 Å². The number of aliphatic imine (C=N–C) groups is 1. The highest BCUT2D eigenvalue weighted by Crippen LogP contribution is 2.35. The van der Waals surface area contributed by atoms with Gasteiger partial charge < -0.3 is 0 Å². The number of thioether (sulfide) groups is 2. The highest BCUT2D eigenvalue weighted by atomic mass is 32.2. The maximum Gasteiger partial charge on any atom is 0.406 e. The third kappa shape index (κ3) is 5.83. The minimum Gasteiger partial charge on any atom is -0.281 e. The van der Waals surface area contributed by atoms with Gasteiger partial charge in [0.25, 0.3) is 0 Å². The lowest BCUT2D eigenvalue weighted by Crippen LogP contribution is -2.38. The first kappa shape index (κ1) is 20.9. The maximum absolute atomic E-state index is 12.6. The van der Waals surface area contributed by atoms with Gasteiger partial charge in [0.1, 0.15) is 6.54 Å². The fourth-order valence-electron chi connectivity index (χ4n) is 2.18. The van der Waals surface area contributed by atoms with E-state index < -0.39 is 30.6 Å². The molecule has 11 heteroatoms. The van der Waals surface area contributed by atoms with Gasteiger partial charge in [-0.05, 0) is 31.0 Å². The zero-order valence-electron chi connectivity index (χ0n) is 13.7. The maximum atomic E-state index is 12.6. The summed E-state index contributed by atoms with van der Waals surface area (Å²) in [5.41, 5.74) is 1.45. The Bertz CT molecular complexity index is 730. The zero-order chi connectivity index (χ0) is 19.7. The van der Waals surface area contributed by atoms with E-state index in [0.717, 1.165) is 11.8 Å². The van der Waals surface area contributed by atoms with E-state index in [-0.39, 0.29) is 16.6 Å². The van der Waals surface area contributed by atoms with Crippen molar-refractivity contribution in [1.82, 2.24) is 4.90 Å². The Balaban J connectivity index is 2.32. The third-order valence-corrected chi connectivity index (χ3v) is 5.48. The molecule has 2 rings (SSSR count). The Morgan fingerprint density at radius 3 is 2.35 bits per heavy atom. The molecular weight excluding hydrogens is 402 g/mol. The van der Waals surface area contributed by atoms with Crippen molar-refractivity contribution in [3.05, 3.63) is 23.3 Å². The molecule has 26 heavy (non-hydrogen) atoms. The lowest BCUT2D eigenvalue weighted by atomic mass is 10.1. The average Bonchev–Trinajstić information content (AvgIpc) is 2.79. The van der Waals surface area contributed by atoms with Crippen molar-refractivity contribution in [2.75, 3.05) is 18.1 Å². The summed E-state index contributed by atoms with van der Waals surface area (Å²) in [7, 11) is 0. The van der Waals surface area contributed by atoms with Gasteiger partial charge in [-0.15, -0.1) is 11.8 Å². The van der Waals surface area contributed by atoms with Crippen LogP contribution in [0.3, 0.4) is 0 Å². The fraction of sp³-hybridized carbons (Fsp3) is 0.467. The summed E-state index contributed by atoms with van der Waals surface area (Å²) >= 11 is 1.45. The number of hydrogen-bond acceptors (Lipinski definition) is 4. The van der Waals surface area contributed by atoms with Gasteiger partial charge in [-0.2, -0.15) is 26.3 Å². The van der Waals surface area contributed by atoms with Crippen LogP contribution in [-0.2, 0) is 4.79 Å². The second-order valence-corrected chi connectivity index (χ2v) is 7.55. The van der Waals surface area contributed by atoms with E-state index in [2.05, 4.69) is 4.99 Å². The highest BCUT2D eigenvalue weighted by Gasteiger charge is 2.38. The van der Waals surface area contributed by atoms with E-state index in [1.165, 1.54) is 6.07 Å². The summed E-state index contributed by atoms with van der Waals surface area (Å²) in [4.78, 5) is 16.7. The van der Waals surface area contributed by atoms with E-state index >= 15 is 0 Å². The third-order valence-electron chi connectivity index (χ3n) is 3.30. The number of benzene rings is 1. The van der Waals surface area contributed by atoms with Crippen LogP contribution in [0.2, 0.25) is 0 Å². The van der Waals surface area contributed by atoms with Crippen molar-refractivity contribution in [1.29, 1.82) is 0 Å². The molecule has 1 amide bonds. The SMILES string of the molecule is Cc1cc(C)c(SCC(F)(F)F)cc1N=C1SCC(=O)N1CC(F)(F)F. The van der Waals surface area contributed by atoms with E-state index in [0.29, 0.717) is 32.7 Å². The summed E-state index contributed by atoms with van der Waals surface area (Å²) in [5.74, 6) is -1.95. The van der Waals surface area contributed by atoms with Gasteiger partial charge in [-0.1, -0.05) is 17.8 Å². The number of nitrogens with zero attached hydrogens (tertiary/aromatic N) is 2. The second-order valence-electron chi connectivity index (χ2n) is 5.59. The quantitative estimate of drug-likeness (QED) is 0.507. The molecule has 1 fully saturated rings. The molecule has 1 aliphatic rings. The van der Waals surface area contributed by atoms with E-state index in [1.807, 2.05) is 0 Å². The molecule has 1 heterocycles. The molecule has 0 spiro atoms. The van der Waals surface area contributed by atoms with Crippen molar-refractivity contribution in [3.8, 4) is 0 Å². The number of hydrogen-bond donors (Lipinski definition) is 0. The van der Waals surface area contributed by atoms with Crippen molar-refractivity contribution in [3.63, 3.8) is 0 Å². The molecule has 0 bridgehead atoms. The Labute approximate surface area is 154 Å². The molecule has 1 aromatic rings. The van der Waals surface area contributed by atoms with E-state index in [9.17, 15) is 31.1 Å². The topological polar surface area (TPSA) is 32.7 Å². The predicted octanol–water partition coefficient (Wildman–Crippen LogP) is 5.08. The first-order valence-electron chi connectivity index (χ1n) is 7.25. The number of amides is 1. The second kappa shape index (κ2) is 7.71. The first-order valence-corrected chi connectivity index (χ1v) is 9.22. The number of carbonyl (C=O) groups is 1. The van der Waals surface area contributed by atoms with Gasteiger partial charge in [0.05, 0.1) is 17.2 Å². The van der Waals surface area contributed by atoms with Crippen molar-refractivity contribution in [2.45, 2.75) is 31.1 Å². The predicted molar refractivity (Wildman–Crippen MR) is 90.0 cm³/mol. The summed E-state index contributed by atoms with van der Waals surface area (Å²) < 4.78 is 75.2. The van der Waals surface area contributed by atoms with E-state index in [1.54, 1.807) is 19.9 Å². The molecule has 3 nitrogen and oxygen atoms in total. The average molecular weight is 416 g/mol. The number of halogens is 6. The molecule has 0 N–H and O–H groups in total. The monoisotopic (exact) mass is 416 g/mol. The minimum absolute atomic E-state index is 0.106. The Morgan fingerprint density at radius 1 is 1.12 bits per heavy atom. The van der Waals surface area contributed by atoms with Crippen molar-refractivity contribution >= 4 is 40.3 Å². The van der Waals surface area contributed by atoms with Gasteiger partial charge in [0.2, 0.25) is 5.91 Å². The molecule has 0 unspecified atom stereocenters. The lowest BCUT2D eigenvalue weighted by Gasteiger charge is -2.18. The molecule has 144 valence electrons. The largest absolute Gasteiger partial charge is 0.406 e. The molecule has 1 saturated heterocycles. The van der Waals surface area contributed by atoms with Gasteiger partial charge in [-0.25, -0.2) is 4.99 Å². The summed E-state index contributed by atoms with van der Waals surface area (Å²) in [6, 6.07) is 3.02. The normalized spacial score (nSPS) is 17.5. The minimum atomic E-state index is -4.57. The smallest absolute Gasteiger partial charge is 0.281 e. The van der Waals surface area contributed by atoms with Crippen molar-refractivity contribution in [2.24, 2.45) is 4.99 Å². The fourth-order valence-corrected chi connectivity index (χ4v) is 3.87. The summed E-state index contributed by atoms with van der Waals surface area (Å²) in [5, 5.41) is -0.106. The van der Waals surface area contributed by atoms with Gasteiger partial charge in [0, 0.05) is 4.90 Å². The van der Waals surface area contributed by atoms with Crippen LogP contribution in [0.4, 0.5) is 32.0 Å². The Hall–Kier alpha value is -1.36. The van der Waals surface area contributed by atoms with Crippen LogP contribution in [0.5, 0.6) is 0 Å². The number of rotatable bonds is 4. The molecule has 0 aromatic heterocycles. The Morgan fingerprint density at radius 2 is 1.77 bits per heavy atom. The first-order chi connectivity index (χ1) is 11.9. The summed E-state index contributed by atoms with van der Waals surface area (Å²) in [6.45, 7) is 1.85. The van der Waals surface area contributed by atoms with E-state index in [4.69, 9.17) is 0 Å². The molecule has 0 aliphatic carbocycles. The van der Waals surface area contributed by atoms with Crippen LogP contribution in [0.1, 0.15) is 11.1 Å². The number of amidine groups is 1. The van der Waals surface area contributed by atoms with Crippen LogP contribution in [0.25, 0.3) is 0 Å². The molecule has 0 atom stereocenters. The standard InChI is InChI=1S/C15H14F6N2OS2/c1-8-3-9(2)11(26-7-15(19,20)21)4-10(8)22-13-23(6-14(16,17)18)12(24)5-25-13/h3-4H,5-7H2,1-2H3. The highest BCUT2D eigenvalue weighted by molar-refractivity contribution is 8.15. The number of alkyl halides is 6. The molecule has 0 radical (unpaired) electrons. The van der Waals surface area contributed by atoms with Crippen LogP contribution >= 0.6 is 23.5 Å². The molecular formula is C15H14F6N2OS2. The van der Waals surface area contributed by atoms with Crippen LogP contribution in [0, 0.1) is 13.8 Å². The number of aryl methyl sites for hydroxylation is 2.